The van der Waals surface area contributed by atoms with E-state index in [4.69, 9.17) is 0 Å². The second kappa shape index (κ2) is 6.84. The molecule has 3 rings (SSSR count). The van der Waals surface area contributed by atoms with Crippen LogP contribution in [-0.4, -0.2) is 35.9 Å². The van der Waals surface area contributed by atoms with E-state index in [0.29, 0.717) is 11.5 Å². The van der Waals surface area contributed by atoms with Crippen molar-refractivity contribution in [1.29, 1.82) is 0 Å². The minimum atomic E-state index is -0.151. The largest absolute Gasteiger partial charge is 0.324 e. The highest BCUT2D eigenvalue weighted by Gasteiger charge is 2.16. The lowest BCUT2D eigenvalue weighted by Gasteiger charge is -2.13. The molecule has 0 aliphatic heterocycles. The molecule has 0 bridgehead atoms. The van der Waals surface area contributed by atoms with Crippen molar-refractivity contribution in [3.63, 3.8) is 0 Å². The summed E-state index contributed by atoms with van der Waals surface area (Å²) >= 11 is 0. The van der Waals surface area contributed by atoms with Crippen molar-refractivity contribution in [2.75, 3.05) is 5.32 Å². The van der Waals surface area contributed by atoms with Gasteiger partial charge in [0.1, 0.15) is 6.54 Å². The molecule has 0 saturated carbocycles. The van der Waals surface area contributed by atoms with E-state index < -0.39 is 0 Å². The normalized spacial score (nSPS) is 11.1. The first-order valence-corrected chi connectivity index (χ1v) is 8.14. The number of carbonyl (C=O) groups is 1. The molecule has 1 aromatic carbocycles. The highest BCUT2D eigenvalue weighted by Crippen LogP contribution is 2.27. The molecule has 0 atom stereocenters. The molecule has 0 fully saturated rings. The van der Waals surface area contributed by atoms with Gasteiger partial charge < -0.3 is 5.32 Å². The minimum Gasteiger partial charge on any atom is -0.324 e. The second-order valence-electron chi connectivity index (χ2n) is 6.22. The Bertz CT molecular complexity index is 894. The van der Waals surface area contributed by atoms with Crippen LogP contribution in [0.5, 0.6) is 0 Å². The molecule has 0 aliphatic carbocycles. The predicted molar refractivity (Wildman–Crippen MR) is 94.0 cm³/mol. The number of anilines is 1. The number of hydrogen-bond acceptors (Lipinski definition) is 5. The first kappa shape index (κ1) is 16.8. The van der Waals surface area contributed by atoms with Gasteiger partial charge in [0.05, 0.1) is 17.4 Å². The number of para-hydroxylation sites is 1. The Kier molecular flexibility index (Phi) is 4.60. The van der Waals surface area contributed by atoms with E-state index in [9.17, 15) is 4.79 Å². The monoisotopic (exact) mass is 339 g/mol. The third-order valence-electron chi connectivity index (χ3n) is 3.82. The van der Waals surface area contributed by atoms with Crippen molar-refractivity contribution in [3.05, 3.63) is 41.7 Å². The second-order valence-corrected chi connectivity index (χ2v) is 6.22. The molecule has 0 aliphatic rings. The topological polar surface area (TPSA) is 90.5 Å². The van der Waals surface area contributed by atoms with Gasteiger partial charge in [0, 0.05) is 11.3 Å². The molecule has 1 N–H and O–H groups in total. The van der Waals surface area contributed by atoms with E-state index in [2.05, 4.69) is 25.9 Å². The summed E-state index contributed by atoms with van der Waals surface area (Å²) in [5.74, 6) is 0.472. The number of aromatic nitrogens is 6. The van der Waals surface area contributed by atoms with E-state index in [1.165, 1.54) is 0 Å². The summed E-state index contributed by atoms with van der Waals surface area (Å²) < 4.78 is 3.41. The van der Waals surface area contributed by atoms with Crippen LogP contribution in [0.1, 0.15) is 31.3 Å². The fraction of sp³-hybridized carbons (Fsp3) is 0.353. The zero-order valence-corrected chi connectivity index (χ0v) is 14.8. The van der Waals surface area contributed by atoms with Crippen LogP contribution in [0, 0.1) is 13.8 Å². The van der Waals surface area contributed by atoms with Crippen molar-refractivity contribution >= 4 is 11.6 Å². The molecule has 2 heterocycles. The summed E-state index contributed by atoms with van der Waals surface area (Å²) in [6, 6.07) is 9.55. The van der Waals surface area contributed by atoms with Crippen LogP contribution in [0.4, 0.5) is 5.69 Å². The molecule has 8 nitrogen and oxygen atoms in total. The van der Waals surface area contributed by atoms with Crippen LogP contribution in [0.3, 0.4) is 0 Å². The average Bonchev–Trinajstić information content (AvgIpc) is 3.15. The van der Waals surface area contributed by atoms with Crippen LogP contribution in [0.25, 0.3) is 11.4 Å². The highest BCUT2D eigenvalue weighted by atomic mass is 16.2. The van der Waals surface area contributed by atoms with Gasteiger partial charge in [-0.15, -0.1) is 5.10 Å². The van der Waals surface area contributed by atoms with E-state index in [0.717, 1.165) is 17.0 Å². The number of carbonyl (C=O) groups excluding carboxylic acids is 1. The molecule has 8 heteroatoms. The number of amides is 1. The summed E-state index contributed by atoms with van der Waals surface area (Å²) in [6.07, 6.45) is 0. The molecule has 130 valence electrons. The molecule has 2 aromatic heterocycles. The van der Waals surface area contributed by atoms with Gasteiger partial charge in [0.2, 0.25) is 5.91 Å². The van der Waals surface area contributed by atoms with E-state index >= 15 is 0 Å². The van der Waals surface area contributed by atoms with Crippen LogP contribution >= 0.6 is 0 Å². The fourth-order valence-corrected chi connectivity index (χ4v) is 2.67. The highest BCUT2D eigenvalue weighted by molar-refractivity contribution is 5.94. The number of benzene rings is 1. The lowest BCUT2D eigenvalue weighted by molar-refractivity contribution is -0.116. The summed E-state index contributed by atoms with van der Waals surface area (Å²) in [5.41, 5.74) is 3.29. The van der Waals surface area contributed by atoms with Crippen LogP contribution in [0.15, 0.2) is 30.3 Å². The predicted octanol–water partition coefficient (Wildman–Crippen LogP) is 2.37. The molecule has 0 saturated heterocycles. The molecule has 0 unspecified atom stereocenters. The van der Waals surface area contributed by atoms with Crippen LogP contribution in [-0.2, 0) is 11.3 Å². The van der Waals surface area contributed by atoms with Gasteiger partial charge in [0.15, 0.2) is 5.82 Å². The lowest BCUT2D eigenvalue weighted by atomic mass is 10.1. The van der Waals surface area contributed by atoms with Crippen molar-refractivity contribution in [1.82, 2.24) is 30.0 Å². The summed E-state index contributed by atoms with van der Waals surface area (Å²) in [5, 5.41) is 19.2. The smallest absolute Gasteiger partial charge is 0.246 e. The molecule has 0 radical (unpaired) electrons. The SMILES string of the molecule is Cc1cc(C)n(CC(=O)Nc2ccccc2-c2nnnn2C(C)C)n1. The van der Waals surface area contributed by atoms with E-state index in [1.54, 1.807) is 9.36 Å². The van der Waals surface area contributed by atoms with Crippen molar-refractivity contribution < 1.29 is 4.79 Å². The molecule has 3 aromatic rings. The van der Waals surface area contributed by atoms with Crippen molar-refractivity contribution in [2.24, 2.45) is 0 Å². The number of nitrogens with one attached hydrogen (secondary N) is 1. The number of aryl methyl sites for hydroxylation is 2. The Balaban J connectivity index is 1.85. The standard InChI is InChI=1S/C17H21N7O/c1-11(2)24-17(19-21-22-24)14-7-5-6-8-15(14)18-16(25)10-23-13(4)9-12(3)20-23/h5-9,11H,10H2,1-4H3,(H,18,25). The Morgan fingerprint density at radius 3 is 2.68 bits per heavy atom. The van der Waals surface area contributed by atoms with Gasteiger partial charge in [-0.3, -0.25) is 9.48 Å². The molecule has 0 spiro atoms. The van der Waals surface area contributed by atoms with Crippen LogP contribution < -0.4 is 5.32 Å². The van der Waals surface area contributed by atoms with Crippen LogP contribution in [0.2, 0.25) is 0 Å². The first-order valence-electron chi connectivity index (χ1n) is 8.14. The fourth-order valence-electron chi connectivity index (χ4n) is 2.67. The Hall–Kier alpha value is -3.03. The maximum absolute atomic E-state index is 12.5. The molecular formula is C17H21N7O. The Morgan fingerprint density at radius 2 is 2.00 bits per heavy atom. The van der Waals surface area contributed by atoms with E-state index in [1.807, 2.05) is 58.0 Å². The minimum absolute atomic E-state index is 0.114. The Morgan fingerprint density at radius 1 is 1.24 bits per heavy atom. The quantitative estimate of drug-likeness (QED) is 0.770. The first-order chi connectivity index (χ1) is 12.0. The zero-order chi connectivity index (χ0) is 18.0. The van der Waals surface area contributed by atoms with Gasteiger partial charge >= 0.3 is 0 Å². The maximum atomic E-state index is 12.5. The summed E-state index contributed by atoms with van der Waals surface area (Å²) in [7, 11) is 0. The number of tetrazole rings is 1. The van der Waals surface area contributed by atoms with Crippen molar-refractivity contribution in [3.8, 4) is 11.4 Å². The van der Waals surface area contributed by atoms with Gasteiger partial charge in [-0.1, -0.05) is 12.1 Å². The van der Waals surface area contributed by atoms with Gasteiger partial charge in [-0.05, 0) is 56.3 Å². The van der Waals surface area contributed by atoms with Crippen molar-refractivity contribution in [2.45, 2.75) is 40.3 Å². The average molecular weight is 339 g/mol. The molecule has 1 amide bonds. The van der Waals surface area contributed by atoms with Gasteiger partial charge in [-0.2, -0.15) is 5.10 Å². The lowest BCUT2D eigenvalue weighted by Crippen LogP contribution is -2.21. The maximum Gasteiger partial charge on any atom is 0.246 e. The summed E-state index contributed by atoms with van der Waals surface area (Å²) in [4.78, 5) is 12.5. The third-order valence-corrected chi connectivity index (χ3v) is 3.82. The number of hydrogen-bond donors (Lipinski definition) is 1. The number of nitrogens with zero attached hydrogens (tertiary/aromatic N) is 6. The Labute approximate surface area is 145 Å². The third kappa shape index (κ3) is 3.57. The molecule has 25 heavy (non-hydrogen) atoms. The molecular weight excluding hydrogens is 318 g/mol. The van der Waals surface area contributed by atoms with Gasteiger partial charge in [0.25, 0.3) is 0 Å². The van der Waals surface area contributed by atoms with E-state index in [-0.39, 0.29) is 18.5 Å². The van der Waals surface area contributed by atoms with Gasteiger partial charge in [-0.25, -0.2) is 4.68 Å². The number of rotatable bonds is 5. The summed E-state index contributed by atoms with van der Waals surface area (Å²) in [6.45, 7) is 8.00. The zero-order valence-electron chi connectivity index (χ0n) is 14.8.